The highest BCUT2D eigenvalue weighted by molar-refractivity contribution is 6.28. The summed E-state index contributed by atoms with van der Waals surface area (Å²) in [6.45, 7) is 11.0. The first-order valence-corrected chi connectivity index (χ1v) is 10.6. The highest BCUT2D eigenvalue weighted by Gasteiger charge is 2.38. The van der Waals surface area contributed by atoms with E-state index >= 15 is 0 Å². The molecule has 10 heteroatoms. The second kappa shape index (κ2) is 9.21. The molecule has 0 bridgehead atoms. The predicted octanol–water partition coefficient (Wildman–Crippen LogP) is 2.66. The molecule has 1 aliphatic heterocycles. The lowest BCUT2D eigenvalue weighted by molar-refractivity contribution is -0.145. The third kappa shape index (κ3) is 5.33. The third-order valence-corrected chi connectivity index (χ3v) is 5.22. The number of hydrogen-bond donors (Lipinski definition) is 0. The zero-order valence-corrected chi connectivity index (χ0v) is 18.8. The summed E-state index contributed by atoms with van der Waals surface area (Å²) in [4.78, 5) is 49.5. The third-order valence-electron chi connectivity index (χ3n) is 5.05. The van der Waals surface area contributed by atoms with Crippen LogP contribution in [-0.4, -0.2) is 71.1 Å². The molecule has 0 N–H and O–H groups in total. The van der Waals surface area contributed by atoms with Crippen LogP contribution in [0, 0.1) is 5.92 Å². The van der Waals surface area contributed by atoms with Gasteiger partial charge in [0.25, 0.3) is 0 Å². The Morgan fingerprint density at radius 3 is 2.52 bits per heavy atom. The van der Waals surface area contributed by atoms with Crippen molar-refractivity contribution >= 4 is 35.3 Å². The van der Waals surface area contributed by atoms with E-state index in [1.165, 1.54) is 6.08 Å². The predicted molar refractivity (Wildman–Crippen MR) is 114 cm³/mol. The van der Waals surface area contributed by atoms with Crippen LogP contribution < -0.4 is 4.90 Å². The first-order valence-electron chi connectivity index (χ1n) is 10.2. The molecule has 1 aliphatic carbocycles. The standard InChI is InChI=1S/C21H27ClN4O5/c1-5-12-30-18(28)14-7-6-13-15(16(14)27)23-19(22)24-17(13)25-8-10-26(11-9-25)20(29)31-21(2,3)4/h5,14H,1,6-12H2,2-4H3. The van der Waals surface area contributed by atoms with E-state index in [1.54, 1.807) is 4.90 Å². The molecule has 0 radical (unpaired) electrons. The van der Waals surface area contributed by atoms with Crippen LogP contribution in [0.25, 0.3) is 0 Å². The molecule has 168 valence electrons. The van der Waals surface area contributed by atoms with Crippen LogP contribution in [0.4, 0.5) is 10.6 Å². The Morgan fingerprint density at radius 2 is 1.90 bits per heavy atom. The average molecular weight is 451 g/mol. The lowest BCUT2D eigenvalue weighted by atomic mass is 9.85. The van der Waals surface area contributed by atoms with Crippen molar-refractivity contribution in [3.05, 3.63) is 29.2 Å². The lowest BCUT2D eigenvalue weighted by Crippen LogP contribution is -2.50. The van der Waals surface area contributed by atoms with Gasteiger partial charge < -0.3 is 19.3 Å². The molecule has 2 heterocycles. The molecule has 1 unspecified atom stereocenters. The number of amides is 1. The van der Waals surface area contributed by atoms with E-state index < -0.39 is 23.3 Å². The number of esters is 1. The van der Waals surface area contributed by atoms with E-state index in [0.29, 0.717) is 50.4 Å². The van der Waals surface area contributed by atoms with Crippen molar-refractivity contribution in [2.24, 2.45) is 5.92 Å². The summed E-state index contributed by atoms with van der Waals surface area (Å²) in [5, 5.41) is -0.0585. The van der Waals surface area contributed by atoms with Crippen molar-refractivity contribution in [3.8, 4) is 0 Å². The molecule has 1 saturated heterocycles. The van der Waals surface area contributed by atoms with Gasteiger partial charge in [0.1, 0.15) is 29.6 Å². The minimum absolute atomic E-state index is 0.0488. The number of nitrogens with zero attached hydrogens (tertiary/aromatic N) is 4. The van der Waals surface area contributed by atoms with E-state index in [-0.39, 0.29) is 23.7 Å². The lowest BCUT2D eigenvalue weighted by Gasteiger charge is -2.37. The Hall–Kier alpha value is -2.68. The molecule has 1 aromatic heterocycles. The van der Waals surface area contributed by atoms with Crippen LogP contribution in [0.2, 0.25) is 5.28 Å². The Morgan fingerprint density at radius 1 is 1.23 bits per heavy atom. The van der Waals surface area contributed by atoms with Crippen LogP contribution in [0.1, 0.15) is 43.2 Å². The smallest absolute Gasteiger partial charge is 0.410 e. The number of ketones is 1. The molecule has 1 fully saturated rings. The number of piperazine rings is 1. The van der Waals surface area contributed by atoms with E-state index in [0.717, 1.165) is 0 Å². The highest BCUT2D eigenvalue weighted by Crippen LogP contribution is 2.32. The van der Waals surface area contributed by atoms with Crippen LogP contribution in [0.15, 0.2) is 12.7 Å². The molecule has 9 nitrogen and oxygen atoms in total. The summed E-state index contributed by atoms with van der Waals surface area (Å²) in [5.41, 5.74) is 0.279. The highest BCUT2D eigenvalue weighted by atomic mass is 35.5. The van der Waals surface area contributed by atoms with Gasteiger partial charge in [0.15, 0.2) is 5.78 Å². The van der Waals surface area contributed by atoms with Gasteiger partial charge in [0.05, 0.1) is 0 Å². The Kier molecular flexibility index (Phi) is 6.83. The van der Waals surface area contributed by atoms with Gasteiger partial charge in [0.2, 0.25) is 5.28 Å². The van der Waals surface area contributed by atoms with E-state index in [2.05, 4.69) is 16.5 Å². The normalized spacial score (nSPS) is 19.0. The zero-order valence-electron chi connectivity index (χ0n) is 18.0. The number of carbonyl (C=O) groups excluding carboxylic acids is 3. The number of rotatable bonds is 4. The number of ether oxygens (including phenoxy) is 2. The summed E-state index contributed by atoms with van der Waals surface area (Å²) in [7, 11) is 0. The SMILES string of the molecule is C=CCOC(=O)C1CCc2c(nc(Cl)nc2N2CCN(C(=O)OC(C)(C)C)CC2)C1=O. The maximum absolute atomic E-state index is 12.9. The van der Waals surface area contributed by atoms with Crippen molar-refractivity contribution in [2.75, 3.05) is 37.7 Å². The number of anilines is 1. The minimum atomic E-state index is -0.907. The maximum atomic E-state index is 12.9. The van der Waals surface area contributed by atoms with Gasteiger partial charge in [0, 0.05) is 31.7 Å². The van der Waals surface area contributed by atoms with E-state index in [4.69, 9.17) is 21.1 Å². The Balaban J connectivity index is 1.75. The fraction of sp³-hybridized carbons (Fsp3) is 0.571. The van der Waals surface area contributed by atoms with Gasteiger partial charge in [-0.1, -0.05) is 12.7 Å². The van der Waals surface area contributed by atoms with Crippen molar-refractivity contribution in [1.29, 1.82) is 0 Å². The summed E-state index contributed by atoms with van der Waals surface area (Å²) in [5.74, 6) is -1.33. The first-order chi connectivity index (χ1) is 14.6. The number of carbonyl (C=O) groups is 3. The molecule has 0 aromatic carbocycles. The largest absolute Gasteiger partial charge is 0.461 e. The number of fused-ring (bicyclic) bond motifs is 1. The quantitative estimate of drug-likeness (QED) is 0.298. The average Bonchev–Trinajstić information content (AvgIpc) is 2.71. The molecular weight excluding hydrogens is 424 g/mol. The topological polar surface area (TPSA) is 102 Å². The van der Waals surface area contributed by atoms with Gasteiger partial charge in [-0.15, -0.1) is 0 Å². The summed E-state index contributed by atoms with van der Waals surface area (Å²) < 4.78 is 10.5. The summed E-state index contributed by atoms with van der Waals surface area (Å²) >= 11 is 6.11. The van der Waals surface area contributed by atoms with Gasteiger partial charge in [-0.05, 0) is 45.2 Å². The number of Topliss-reactive ketones (excluding diaryl/α,β-unsaturated/α-hetero) is 1. The van der Waals surface area contributed by atoms with Gasteiger partial charge in [-0.3, -0.25) is 9.59 Å². The second-order valence-corrected chi connectivity index (χ2v) is 8.81. The van der Waals surface area contributed by atoms with E-state index in [9.17, 15) is 14.4 Å². The second-order valence-electron chi connectivity index (χ2n) is 8.47. The van der Waals surface area contributed by atoms with E-state index in [1.807, 2.05) is 25.7 Å². The zero-order chi connectivity index (χ0) is 22.8. The molecule has 1 aromatic rings. The van der Waals surface area contributed by atoms with Gasteiger partial charge in [-0.2, -0.15) is 0 Å². The van der Waals surface area contributed by atoms with Gasteiger partial charge >= 0.3 is 12.1 Å². The monoisotopic (exact) mass is 450 g/mol. The Bertz CT molecular complexity index is 890. The molecule has 1 amide bonds. The Labute approximate surface area is 186 Å². The van der Waals surface area contributed by atoms with Crippen molar-refractivity contribution in [2.45, 2.75) is 39.2 Å². The fourth-order valence-corrected chi connectivity index (χ4v) is 3.78. The molecule has 0 spiro atoms. The van der Waals surface area contributed by atoms with Crippen LogP contribution >= 0.6 is 11.6 Å². The molecule has 1 atom stereocenters. The van der Waals surface area contributed by atoms with Crippen LogP contribution in [0.5, 0.6) is 0 Å². The summed E-state index contributed by atoms with van der Waals surface area (Å²) in [6, 6.07) is 0. The molecule has 31 heavy (non-hydrogen) atoms. The van der Waals surface area contributed by atoms with Crippen LogP contribution in [-0.2, 0) is 20.7 Å². The maximum Gasteiger partial charge on any atom is 0.410 e. The van der Waals surface area contributed by atoms with Crippen molar-refractivity contribution < 1.29 is 23.9 Å². The first kappa shape index (κ1) is 23.0. The molecule has 2 aliphatic rings. The minimum Gasteiger partial charge on any atom is -0.461 e. The van der Waals surface area contributed by atoms with Crippen LogP contribution in [0.3, 0.4) is 0 Å². The molecule has 0 saturated carbocycles. The summed E-state index contributed by atoms with van der Waals surface area (Å²) in [6.07, 6.45) is 1.87. The molecule has 3 rings (SSSR count). The number of halogens is 1. The number of aromatic nitrogens is 2. The van der Waals surface area contributed by atoms with Crippen molar-refractivity contribution in [3.63, 3.8) is 0 Å². The molecular formula is C21H27ClN4O5. The fourth-order valence-electron chi connectivity index (χ4n) is 3.62. The van der Waals surface area contributed by atoms with Gasteiger partial charge in [-0.25, -0.2) is 14.8 Å². The van der Waals surface area contributed by atoms with Crippen molar-refractivity contribution in [1.82, 2.24) is 14.9 Å². The number of hydrogen-bond acceptors (Lipinski definition) is 8.